The molecule has 0 atom stereocenters. The monoisotopic (exact) mass is 470 g/mol. The van der Waals surface area contributed by atoms with Crippen LogP contribution in [0.5, 0.6) is 0 Å². The third kappa shape index (κ3) is 6.20. The van der Waals surface area contributed by atoms with E-state index in [2.05, 4.69) is 36.6 Å². The Morgan fingerprint density at radius 3 is 2.09 bits per heavy atom. The first-order valence-electron chi connectivity index (χ1n) is 10.1. The Morgan fingerprint density at radius 1 is 1.03 bits per heavy atom. The molecule has 9 heteroatoms. The summed E-state index contributed by atoms with van der Waals surface area (Å²) in [5.41, 5.74) is 4.19. The molecule has 0 aliphatic heterocycles. The maximum Gasteiger partial charge on any atom is 0.337 e. The van der Waals surface area contributed by atoms with Gasteiger partial charge in [0.15, 0.2) is 5.76 Å². The van der Waals surface area contributed by atoms with Crippen molar-refractivity contribution in [2.45, 2.75) is 33.1 Å². The first kappa shape index (κ1) is 25.6. The van der Waals surface area contributed by atoms with Gasteiger partial charge in [0.25, 0.3) is 5.91 Å². The van der Waals surface area contributed by atoms with Gasteiger partial charge >= 0.3 is 5.97 Å². The number of carboxylic acid groups (broad SMARTS) is 1. The highest BCUT2D eigenvalue weighted by atomic mass is 35.5. The Morgan fingerprint density at radius 2 is 1.61 bits per heavy atom. The van der Waals surface area contributed by atoms with Crippen molar-refractivity contribution in [2.75, 3.05) is 7.05 Å². The predicted octanol–water partition coefficient (Wildman–Crippen LogP) is 4.61. The number of aliphatic hydroxyl groups is 1. The average molecular weight is 471 g/mol. The minimum atomic E-state index is -1.20. The van der Waals surface area contributed by atoms with E-state index in [-0.39, 0.29) is 38.7 Å². The fraction of sp³-hybridized carbons (Fsp3) is 0.250. The van der Waals surface area contributed by atoms with Crippen LogP contribution in [0, 0.1) is 5.41 Å². The molecule has 0 unspecified atom stereocenters. The quantitative estimate of drug-likeness (QED) is 0.229. The number of benzene rings is 2. The lowest BCUT2D eigenvalue weighted by Crippen LogP contribution is -2.24. The Balaban J connectivity index is 2.22. The number of carbonyl (C=O) groups excluding carboxylic acids is 1. The number of amides is 1. The number of rotatable bonds is 7. The third-order valence-electron chi connectivity index (χ3n) is 4.91. The normalized spacial score (nSPS) is 12.6. The van der Waals surface area contributed by atoms with Crippen LogP contribution in [0.4, 0.5) is 0 Å². The first-order chi connectivity index (χ1) is 15.4. The van der Waals surface area contributed by atoms with Crippen molar-refractivity contribution in [3.63, 3.8) is 0 Å². The van der Waals surface area contributed by atoms with Gasteiger partial charge < -0.3 is 15.5 Å². The fourth-order valence-electron chi connectivity index (χ4n) is 2.92. The number of allylic oxidation sites excluding steroid dienone is 1. The molecule has 0 heterocycles. The number of nitrogens with one attached hydrogen (secondary N) is 3. The van der Waals surface area contributed by atoms with Gasteiger partial charge in [-0.2, -0.15) is 5.10 Å². The molecule has 0 radical (unpaired) electrons. The third-order valence-corrected chi connectivity index (χ3v) is 5.22. The van der Waals surface area contributed by atoms with Crippen molar-refractivity contribution in [3.8, 4) is 0 Å². The Labute approximate surface area is 197 Å². The van der Waals surface area contributed by atoms with E-state index in [1.165, 1.54) is 25.1 Å². The summed E-state index contributed by atoms with van der Waals surface area (Å²) in [7, 11) is 1.63. The molecular formula is C24H27ClN4O4. The van der Waals surface area contributed by atoms with E-state index in [0.29, 0.717) is 11.3 Å². The summed E-state index contributed by atoms with van der Waals surface area (Å²) in [5, 5.41) is 34.6. The highest BCUT2D eigenvalue weighted by Gasteiger charge is 2.18. The molecule has 0 saturated heterocycles. The molecular weight excluding hydrogens is 444 g/mol. The Hall–Kier alpha value is -3.65. The maximum absolute atomic E-state index is 12.3. The number of halogens is 1. The van der Waals surface area contributed by atoms with Crippen LogP contribution in [0.2, 0.25) is 5.02 Å². The Bertz CT molecular complexity index is 1150. The fourth-order valence-corrected chi connectivity index (χ4v) is 3.18. The molecule has 2 aromatic rings. The molecule has 174 valence electrons. The van der Waals surface area contributed by atoms with Gasteiger partial charge in [-0.25, -0.2) is 10.2 Å². The SMILES string of the molecule is CN/C(=C(/O)C(=N)/C(C)=N/NC(=O)c1ccc(C(=O)O)c(Cl)c1)c1ccc(C(C)(C)C)cc1. The second kappa shape index (κ2) is 10.3. The second-order valence-corrected chi connectivity index (χ2v) is 8.72. The summed E-state index contributed by atoms with van der Waals surface area (Å²) in [4.78, 5) is 23.4. The lowest BCUT2D eigenvalue weighted by atomic mass is 9.86. The van der Waals surface area contributed by atoms with Gasteiger partial charge in [0.05, 0.1) is 22.0 Å². The molecule has 0 aliphatic rings. The number of carboxylic acids is 1. The Kier molecular flexibility index (Phi) is 8.00. The maximum atomic E-state index is 12.3. The van der Waals surface area contributed by atoms with Gasteiger partial charge in [-0.3, -0.25) is 10.2 Å². The van der Waals surface area contributed by atoms with Crippen molar-refractivity contribution in [1.82, 2.24) is 10.7 Å². The molecule has 2 aromatic carbocycles. The standard InChI is InChI=1S/C24H27ClN4O4/c1-13(28-29-22(31)15-8-11-17(23(32)33)18(25)12-15)19(26)21(30)20(27-5)14-6-9-16(10-7-14)24(2,3)4/h6-12,26-27,30H,1-5H3,(H,29,31)(H,32,33)/b21-20+,26-19?,28-13+. The van der Waals surface area contributed by atoms with E-state index in [9.17, 15) is 14.7 Å². The van der Waals surface area contributed by atoms with Gasteiger partial charge in [0, 0.05) is 18.2 Å². The lowest BCUT2D eigenvalue weighted by molar-refractivity contribution is 0.0696. The number of hydrogen-bond acceptors (Lipinski definition) is 6. The molecule has 8 nitrogen and oxygen atoms in total. The highest BCUT2D eigenvalue weighted by molar-refractivity contribution is 6.46. The van der Waals surface area contributed by atoms with Crippen molar-refractivity contribution in [2.24, 2.45) is 5.10 Å². The number of hydrazone groups is 1. The number of nitrogens with zero attached hydrogens (tertiary/aromatic N) is 1. The summed E-state index contributed by atoms with van der Waals surface area (Å²) >= 11 is 5.89. The van der Waals surface area contributed by atoms with Crippen LogP contribution in [-0.2, 0) is 5.41 Å². The van der Waals surface area contributed by atoms with Gasteiger partial charge in [-0.05, 0) is 36.1 Å². The van der Waals surface area contributed by atoms with E-state index in [1.54, 1.807) is 7.05 Å². The molecule has 0 fully saturated rings. The number of aromatic carboxylic acids is 1. The van der Waals surface area contributed by atoms with Crippen LogP contribution in [-0.4, -0.2) is 40.6 Å². The first-order valence-corrected chi connectivity index (χ1v) is 10.4. The minimum Gasteiger partial charge on any atom is -0.504 e. The minimum absolute atomic E-state index is 0.0174. The van der Waals surface area contributed by atoms with E-state index in [4.69, 9.17) is 22.1 Å². The molecule has 0 spiro atoms. The van der Waals surface area contributed by atoms with Crippen molar-refractivity contribution in [1.29, 1.82) is 5.41 Å². The number of aliphatic hydroxyl groups excluding tert-OH is 1. The number of carbonyl (C=O) groups is 2. The molecule has 0 aromatic heterocycles. The summed E-state index contributed by atoms with van der Waals surface area (Å²) in [6, 6.07) is 11.4. The van der Waals surface area contributed by atoms with Crippen LogP contribution in [0.1, 0.15) is 59.5 Å². The lowest BCUT2D eigenvalue weighted by Gasteiger charge is -2.20. The van der Waals surface area contributed by atoms with Gasteiger partial charge in [-0.1, -0.05) is 56.6 Å². The predicted molar refractivity (Wildman–Crippen MR) is 130 cm³/mol. The van der Waals surface area contributed by atoms with Crippen LogP contribution in [0.15, 0.2) is 53.3 Å². The second-order valence-electron chi connectivity index (χ2n) is 8.31. The van der Waals surface area contributed by atoms with Crippen LogP contribution >= 0.6 is 11.6 Å². The topological polar surface area (TPSA) is 135 Å². The number of hydrogen-bond donors (Lipinski definition) is 5. The van der Waals surface area contributed by atoms with Crippen molar-refractivity contribution < 1.29 is 19.8 Å². The molecule has 2 rings (SSSR count). The van der Waals surface area contributed by atoms with Crippen molar-refractivity contribution in [3.05, 3.63) is 75.5 Å². The molecule has 33 heavy (non-hydrogen) atoms. The largest absolute Gasteiger partial charge is 0.504 e. The highest BCUT2D eigenvalue weighted by Crippen LogP contribution is 2.24. The summed E-state index contributed by atoms with van der Waals surface area (Å²) in [6.07, 6.45) is 0. The van der Waals surface area contributed by atoms with Gasteiger partial charge in [-0.15, -0.1) is 0 Å². The van der Waals surface area contributed by atoms with Gasteiger partial charge in [0.1, 0.15) is 5.71 Å². The molecule has 0 saturated carbocycles. The smallest absolute Gasteiger partial charge is 0.337 e. The zero-order valence-electron chi connectivity index (χ0n) is 19.1. The van der Waals surface area contributed by atoms with E-state index in [1.807, 2.05) is 24.3 Å². The average Bonchev–Trinajstić information content (AvgIpc) is 2.76. The zero-order valence-corrected chi connectivity index (χ0v) is 19.8. The van der Waals surface area contributed by atoms with E-state index >= 15 is 0 Å². The van der Waals surface area contributed by atoms with Crippen LogP contribution in [0.3, 0.4) is 0 Å². The van der Waals surface area contributed by atoms with E-state index in [0.717, 1.165) is 5.56 Å². The summed E-state index contributed by atoms with van der Waals surface area (Å²) in [5.74, 6) is -2.17. The summed E-state index contributed by atoms with van der Waals surface area (Å²) < 4.78 is 0. The molecule has 0 aliphatic carbocycles. The molecule has 5 N–H and O–H groups in total. The van der Waals surface area contributed by atoms with Crippen molar-refractivity contribution >= 4 is 40.6 Å². The molecule has 1 amide bonds. The van der Waals surface area contributed by atoms with Gasteiger partial charge in [0.2, 0.25) is 0 Å². The van der Waals surface area contributed by atoms with E-state index < -0.39 is 11.9 Å². The van der Waals surface area contributed by atoms with Crippen LogP contribution in [0.25, 0.3) is 5.70 Å². The zero-order chi connectivity index (χ0) is 24.9. The summed E-state index contributed by atoms with van der Waals surface area (Å²) in [6.45, 7) is 7.78. The van der Waals surface area contributed by atoms with Crippen LogP contribution < -0.4 is 10.7 Å². The molecule has 0 bridgehead atoms.